The van der Waals surface area contributed by atoms with Crippen molar-refractivity contribution in [2.24, 2.45) is 0 Å². The summed E-state index contributed by atoms with van der Waals surface area (Å²) >= 11 is 0. The molecule has 0 saturated carbocycles. The SMILES string of the molecule is CC(C)(C)Oc1nccnc1CN1CCC(O)(CCc2ccccc2F)CC1. The number of halogens is 1. The van der Waals surface area contributed by atoms with Gasteiger partial charge in [0.2, 0.25) is 5.88 Å². The maximum Gasteiger partial charge on any atom is 0.237 e. The molecule has 1 saturated heterocycles. The molecular weight excluding hydrogens is 357 g/mol. The fourth-order valence-electron chi connectivity index (χ4n) is 3.50. The van der Waals surface area contributed by atoms with E-state index in [9.17, 15) is 9.50 Å². The van der Waals surface area contributed by atoms with Gasteiger partial charge in [-0.15, -0.1) is 0 Å². The van der Waals surface area contributed by atoms with Crippen LogP contribution >= 0.6 is 0 Å². The first-order chi connectivity index (χ1) is 13.2. The van der Waals surface area contributed by atoms with Crippen LogP contribution in [0.4, 0.5) is 4.39 Å². The number of nitrogens with zero attached hydrogens (tertiary/aromatic N) is 3. The van der Waals surface area contributed by atoms with E-state index in [0.29, 0.717) is 43.7 Å². The second kappa shape index (κ2) is 8.53. The summed E-state index contributed by atoms with van der Waals surface area (Å²) < 4.78 is 19.7. The van der Waals surface area contributed by atoms with Crippen molar-refractivity contribution in [3.05, 3.63) is 53.7 Å². The van der Waals surface area contributed by atoms with Crippen molar-refractivity contribution in [1.82, 2.24) is 14.9 Å². The maximum absolute atomic E-state index is 13.8. The number of likely N-dealkylation sites (tertiary alicyclic amines) is 1. The van der Waals surface area contributed by atoms with Gasteiger partial charge in [-0.25, -0.2) is 9.37 Å². The van der Waals surface area contributed by atoms with Crippen LogP contribution in [0.3, 0.4) is 0 Å². The Hall–Kier alpha value is -2.05. The number of ether oxygens (including phenoxy) is 1. The molecule has 1 aliphatic rings. The third-order valence-electron chi connectivity index (χ3n) is 5.12. The van der Waals surface area contributed by atoms with E-state index in [2.05, 4.69) is 14.9 Å². The van der Waals surface area contributed by atoms with E-state index < -0.39 is 5.60 Å². The van der Waals surface area contributed by atoms with Gasteiger partial charge in [-0.2, -0.15) is 0 Å². The van der Waals surface area contributed by atoms with Crippen molar-refractivity contribution in [1.29, 1.82) is 0 Å². The molecule has 5 nitrogen and oxygen atoms in total. The molecule has 2 heterocycles. The summed E-state index contributed by atoms with van der Waals surface area (Å²) in [6.07, 6.45) is 5.78. The molecule has 1 N–H and O–H groups in total. The first kappa shape index (κ1) is 20.7. The average molecular weight is 387 g/mol. The Labute approximate surface area is 166 Å². The molecule has 0 bridgehead atoms. The number of aromatic nitrogens is 2. The van der Waals surface area contributed by atoms with Gasteiger partial charge in [0.05, 0.1) is 5.60 Å². The third-order valence-corrected chi connectivity index (χ3v) is 5.12. The van der Waals surface area contributed by atoms with Crippen LogP contribution in [0.1, 0.15) is 51.3 Å². The van der Waals surface area contributed by atoms with Gasteiger partial charge in [0.15, 0.2) is 0 Å². The summed E-state index contributed by atoms with van der Waals surface area (Å²) in [5.74, 6) is 0.368. The summed E-state index contributed by atoms with van der Waals surface area (Å²) in [7, 11) is 0. The van der Waals surface area contributed by atoms with Crippen LogP contribution in [0, 0.1) is 5.82 Å². The first-order valence-corrected chi connectivity index (χ1v) is 9.91. The summed E-state index contributed by atoms with van der Waals surface area (Å²) in [5.41, 5.74) is 0.405. The summed E-state index contributed by atoms with van der Waals surface area (Å²) in [6, 6.07) is 6.79. The van der Waals surface area contributed by atoms with Gasteiger partial charge in [0.25, 0.3) is 0 Å². The van der Waals surface area contributed by atoms with Crippen LogP contribution in [0.5, 0.6) is 5.88 Å². The molecule has 28 heavy (non-hydrogen) atoms. The highest BCUT2D eigenvalue weighted by atomic mass is 19.1. The van der Waals surface area contributed by atoms with Crippen LogP contribution in [0.2, 0.25) is 0 Å². The molecule has 1 aromatic carbocycles. The van der Waals surface area contributed by atoms with E-state index in [4.69, 9.17) is 4.74 Å². The lowest BCUT2D eigenvalue weighted by atomic mass is 9.85. The molecule has 0 atom stereocenters. The fourth-order valence-corrected chi connectivity index (χ4v) is 3.50. The number of aryl methyl sites for hydroxylation is 1. The lowest BCUT2D eigenvalue weighted by Gasteiger charge is -2.38. The maximum atomic E-state index is 13.8. The zero-order valence-electron chi connectivity index (χ0n) is 17.0. The highest BCUT2D eigenvalue weighted by molar-refractivity contribution is 5.19. The molecule has 0 radical (unpaired) electrons. The van der Waals surface area contributed by atoms with Gasteiger partial charge in [-0.1, -0.05) is 18.2 Å². The van der Waals surface area contributed by atoms with E-state index in [1.54, 1.807) is 24.5 Å². The molecule has 0 aliphatic carbocycles. The fraction of sp³-hybridized carbons (Fsp3) is 0.545. The molecule has 1 fully saturated rings. The molecule has 1 aliphatic heterocycles. The van der Waals surface area contributed by atoms with Crippen molar-refractivity contribution in [3.8, 4) is 5.88 Å². The topological polar surface area (TPSA) is 58.5 Å². The molecule has 3 rings (SSSR count). The molecule has 2 aromatic rings. The number of hydrogen-bond donors (Lipinski definition) is 1. The van der Waals surface area contributed by atoms with Crippen molar-refractivity contribution in [3.63, 3.8) is 0 Å². The quantitative estimate of drug-likeness (QED) is 0.818. The van der Waals surface area contributed by atoms with E-state index in [1.165, 1.54) is 6.07 Å². The van der Waals surface area contributed by atoms with Crippen LogP contribution in [0.15, 0.2) is 36.7 Å². The Balaban J connectivity index is 1.55. The number of benzene rings is 1. The third kappa shape index (κ3) is 5.72. The Morgan fingerprint density at radius 1 is 1.14 bits per heavy atom. The largest absolute Gasteiger partial charge is 0.471 e. The van der Waals surface area contributed by atoms with E-state index in [1.807, 2.05) is 26.8 Å². The van der Waals surface area contributed by atoms with Crippen LogP contribution < -0.4 is 4.74 Å². The normalized spacial score (nSPS) is 17.5. The second-order valence-electron chi connectivity index (χ2n) is 8.61. The minimum atomic E-state index is -0.744. The monoisotopic (exact) mass is 387 g/mol. The molecule has 152 valence electrons. The number of hydrogen-bond acceptors (Lipinski definition) is 5. The second-order valence-corrected chi connectivity index (χ2v) is 8.61. The van der Waals surface area contributed by atoms with Gasteiger partial charge in [0, 0.05) is 32.0 Å². The summed E-state index contributed by atoms with van der Waals surface area (Å²) in [6.45, 7) is 8.13. The van der Waals surface area contributed by atoms with Gasteiger partial charge >= 0.3 is 0 Å². The smallest absolute Gasteiger partial charge is 0.237 e. The lowest BCUT2D eigenvalue weighted by molar-refractivity contribution is -0.0296. The Morgan fingerprint density at radius 3 is 2.50 bits per heavy atom. The van der Waals surface area contributed by atoms with Gasteiger partial charge < -0.3 is 9.84 Å². The molecule has 1 aromatic heterocycles. The number of aliphatic hydroxyl groups is 1. The Kier molecular flexibility index (Phi) is 6.30. The highest BCUT2D eigenvalue weighted by Gasteiger charge is 2.32. The molecule has 0 amide bonds. The Bertz CT molecular complexity index is 783. The number of rotatable bonds is 6. The van der Waals surface area contributed by atoms with E-state index >= 15 is 0 Å². The zero-order valence-corrected chi connectivity index (χ0v) is 17.0. The lowest BCUT2D eigenvalue weighted by Crippen LogP contribution is -2.44. The summed E-state index contributed by atoms with van der Waals surface area (Å²) in [4.78, 5) is 11.0. The van der Waals surface area contributed by atoms with Crippen molar-refractivity contribution < 1.29 is 14.2 Å². The van der Waals surface area contributed by atoms with Gasteiger partial charge in [-0.05, 0) is 58.1 Å². The molecule has 0 spiro atoms. The summed E-state index contributed by atoms with van der Waals surface area (Å²) in [5, 5.41) is 10.9. The van der Waals surface area contributed by atoms with Crippen LogP contribution in [-0.4, -0.2) is 44.3 Å². The Morgan fingerprint density at radius 2 is 1.82 bits per heavy atom. The first-order valence-electron chi connectivity index (χ1n) is 9.91. The van der Waals surface area contributed by atoms with Gasteiger partial charge in [-0.3, -0.25) is 9.88 Å². The number of piperidine rings is 1. The van der Waals surface area contributed by atoms with E-state index in [-0.39, 0.29) is 11.4 Å². The average Bonchev–Trinajstić information content (AvgIpc) is 2.64. The zero-order chi connectivity index (χ0) is 20.2. The van der Waals surface area contributed by atoms with E-state index in [0.717, 1.165) is 18.8 Å². The predicted molar refractivity (Wildman–Crippen MR) is 107 cm³/mol. The minimum absolute atomic E-state index is 0.197. The molecule has 6 heteroatoms. The highest BCUT2D eigenvalue weighted by Crippen LogP contribution is 2.29. The standard InChI is InChI=1S/C22H30FN3O2/c1-21(2,3)28-20-19(24-12-13-25-20)16-26-14-10-22(27,11-15-26)9-8-17-6-4-5-7-18(17)23/h4-7,12-13,27H,8-11,14-16H2,1-3H3. The van der Waals surface area contributed by atoms with Crippen LogP contribution in [-0.2, 0) is 13.0 Å². The predicted octanol–water partition coefficient (Wildman–Crippen LogP) is 3.75. The molecular formula is C22H30FN3O2. The van der Waals surface area contributed by atoms with Crippen LogP contribution in [0.25, 0.3) is 0 Å². The minimum Gasteiger partial charge on any atom is -0.471 e. The molecule has 0 unspecified atom stereocenters. The van der Waals surface area contributed by atoms with Gasteiger partial charge in [0.1, 0.15) is 17.1 Å². The van der Waals surface area contributed by atoms with Crippen molar-refractivity contribution >= 4 is 0 Å². The van der Waals surface area contributed by atoms with Crippen molar-refractivity contribution in [2.45, 2.75) is 64.2 Å². The van der Waals surface area contributed by atoms with Crippen molar-refractivity contribution in [2.75, 3.05) is 13.1 Å².